The SMILES string of the molecule is CCCCCCCCC(CCCCCCCC)=C(CC(=O)O)C(=O)O. The number of unbranched alkanes of at least 4 members (excludes halogenated alkanes) is 10. The molecule has 25 heavy (non-hydrogen) atoms. The molecule has 4 nitrogen and oxygen atoms in total. The van der Waals surface area contributed by atoms with E-state index in [-0.39, 0.29) is 12.0 Å². The van der Waals surface area contributed by atoms with Gasteiger partial charge in [-0.2, -0.15) is 0 Å². The number of carbonyl (C=O) groups is 2. The predicted octanol–water partition coefficient (Wildman–Crippen LogP) is 6.34. The summed E-state index contributed by atoms with van der Waals surface area (Å²) >= 11 is 0. The second-order valence-corrected chi connectivity index (χ2v) is 6.99. The lowest BCUT2D eigenvalue weighted by atomic mass is 9.93. The third kappa shape index (κ3) is 13.6. The lowest BCUT2D eigenvalue weighted by molar-refractivity contribution is -0.139. The average molecular weight is 355 g/mol. The van der Waals surface area contributed by atoms with Gasteiger partial charge in [0.15, 0.2) is 0 Å². The molecule has 0 bridgehead atoms. The summed E-state index contributed by atoms with van der Waals surface area (Å²) < 4.78 is 0. The van der Waals surface area contributed by atoms with Gasteiger partial charge in [-0.15, -0.1) is 0 Å². The molecule has 0 radical (unpaired) electrons. The van der Waals surface area contributed by atoms with Gasteiger partial charge < -0.3 is 10.2 Å². The Morgan fingerprint density at radius 2 is 1.04 bits per heavy atom. The van der Waals surface area contributed by atoms with Crippen LogP contribution < -0.4 is 0 Å². The van der Waals surface area contributed by atoms with Gasteiger partial charge in [0, 0.05) is 5.57 Å². The van der Waals surface area contributed by atoms with E-state index in [0.717, 1.165) is 44.1 Å². The summed E-state index contributed by atoms with van der Waals surface area (Å²) in [4.78, 5) is 22.5. The highest BCUT2D eigenvalue weighted by Crippen LogP contribution is 2.23. The number of hydrogen-bond donors (Lipinski definition) is 2. The zero-order valence-corrected chi connectivity index (χ0v) is 16.3. The quantitative estimate of drug-likeness (QED) is 0.236. The zero-order chi connectivity index (χ0) is 18.9. The highest BCUT2D eigenvalue weighted by Gasteiger charge is 2.17. The standard InChI is InChI=1S/C21H38O4/c1-3-5-7-9-11-13-15-18(16-14-12-10-8-6-4-2)19(21(24)25)17-20(22)23/h3-17H2,1-2H3,(H,22,23)(H,24,25). The van der Waals surface area contributed by atoms with E-state index in [4.69, 9.17) is 5.11 Å². The molecule has 0 saturated carbocycles. The Hall–Kier alpha value is -1.32. The van der Waals surface area contributed by atoms with Gasteiger partial charge in [-0.3, -0.25) is 4.79 Å². The van der Waals surface area contributed by atoms with Crippen molar-refractivity contribution >= 4 is 11.9 Å². The maximum Gasteiger partial charge on any atom is 0.332 e. The fourth-order valence-corrected chi connectivity index (χ4v) is 3.17. The van der Waals surface area contributed by atoms with Crippen LogP contribution in [0.4, 0.5) is 0 Å². The van der Waals surface area contributed by atoms with Gasteiger partial charge in [-0.1, -0.05) is 83.6 Å². The first-order valence-corrected chi connectivity index (χ1v) is 10.2. The van der Waals surface area contributed by atoms with Gasteiger partial charge in [0.05, 0.1) is 6.42 Å². The molecule has 0 aromatic heterocycles. The number of allylic oxidation sites excluding steroid dienone is 1. The smallest absolute Gasteiger partial charge is 0.332 e. The van der Waals surface area contributed by atoms with Gasteiger partial charge in [0.2, 0.25) is 0 Å². The molecule has 0 aliphatic heterocycles. The first-order chi connectivity index (χ1) is 12.0. The van der Waals surface area contributed by atoms with Crippen molar-refractivity contribution in [2.45, 2.75) is 110 Å². The molecule has 0 aromatic carbocycles. The molecule has 0 heterocycles. The minimum Gasteiger partial charge on any atom is -0.481 e. The molecular formula is C21H38O4. The summed E-state index contributed by atoms with van der Waals surface area (Å²) in [7, 11) is 0. The number of hydrogen-bond acceptors (Lipinski definition) is 2. The minimum absolute atomic E-state index is 0.120. The number of carboxylic acids is 2. The topological polar surface area (TPSA) is 74.6 Å². The van der Waals surface area contributed by atoms with Crippen molar-refractivity contribution in [1.29, 1.82) is 0 Å². The van der Waals surface area contributed by atoms with Gasteiger partial charge in [-0.25, -0.2) is 4.79 Å². The number of rotatable bonds is 17. The van der Waals surface area contributed by atoms with Crippen LogP contribution >= 0.6 is 0 Å². The number of carboxylic acid groups (broad SMARTS) is 2. The molecule has 0 aliphatic rings. The van der Waals surface area contributed by atoms with Crippen molar-refractivity contribution in [3.63, 3.8) is 0 Å². The van der Waals surface area contributed by atoms with Crippen molar-refractivity contribution in [3.8, 4) is 0 Å². The van der Waals surface area contributed by atoms with E-state index in [1.54, 1.807) is 0 Å². The molecule has 0 amide bonds. The third-order valence-corrected chi connectivity index (χ3v) is 4.68. The van der Waals surface area contributed by atoms with E-state index < -0.39 is 11.9 Å². The molecule has 0 aromatic rings. The van der Waals surface area contributed by atoms with E-state index >= 15 is 0 Å². The molecule has 0 aliphatic carbocycles. The van der Waals surface area contributed by atoms with Crippen LogP contribution in [0.1, 0.15) is 110 Å². The van der Waals surface area contributed by atoms with Crippen LogP contribution in [0.5, 0.6) is 0 Å². The monoisotopic (exact) mass is 354 g/mol. The van der Waals surface area contributed by atoms with Crippen LogP contribution in [0.25, 0.3) is 0 Å². The normalized spacial score (nSPS) is 10.6. The summed E-state index contributed by atoms with van der Waals surface area (Å²) in [5.74, 6) is -2.12. The molecular weight excluding hydrogens is 316 g/mol. The second kappa shape index (κ2) is 16.2. The fourth-order valence-electron chi connectivity index (χ4n) is 3.17. The Morgan fingerprint density at radius 1 is 0.640 bits per heavy atom. The first-order valence-electron chi connectivity index (χ1n) is 10.2. The van der Waals surface area contributed by atoms with Crippen molar-refractivity contribution < 1.29 is 19.8 Å². The molecule has 0 saturated heterocycles. The number of aliphatic carboxylic acids is 2. The van der Waals surface area contributed by atoms with Crippen molar-refractivity contribution in [2.24, 2.45) is 0 Å². The molecule has 2 N–H and O–H groups in total. The maximum atomic E-state index is 11.5. The van der Waals surface area contributed by atoms with Crippen LogP contribution in [0, 0.1) is 0 Å². The van der Waals surface area contributed by atoms with Crippen molar-refractivity contribution in [1.82, 2.24) is 0 Å². The molecule has 0 atom stereocenters. The van der Waals surface area contributed by atoms with Crippen LogP contribution in [0.2, 0.25) is 0 Å². The molecule has 146 valence electrons. The fraction of sp³-hybridized carbons (Fsp3) is 0.810. The minimum atomic E-state index is -1.06. The Morgan fingerprint density at radius 3 is 1.40 bits per heavy atom. The molecule has 0 fully saturated rings. The Labute approximate surface area is 153 Å². The molecule has 4 heteroatoms. The van der Waals surface area contributed by atoms with E-state index in [1.807, 2.05) is 0 Å². The molecule has 0 unspecified atom stereocenters. The van der Waals surface area contributed by atoms with Gasteiger partial charge in [0.1, 0.15) is 0 Å². The van der Waals surface area contributed by atoms with E-state index in [9.17, 15) is 14.7 Å². The first kappa shape index (κ1) is 23.7. The highest BCUT2D eigenvalue weighted by molar-refractivity contribution is 5.92. The van der Waals surface area contributed by atoms with Crippen LogP contribution in [0.15, 0.2) is 11.1 Å². The lowest BCUT2D eigenvalue weighted by Gasteiger charge is -2.12. The van der Waals surface area contributed by atoms with E-state index in [0.29, 0.717) is 0 Å². The van der Waals surface area contributed by atoms with E-state index in [1.165, 1.54) is 51.4 Å². The summed E-state index contributed by atoms with van der Waals surface area (Å²) in [6.07, 6.45) is 15.0. The average Bonchev–Trinajstić information content (AvgIpc) is 2.56. The second-order valence-electron chi connectivity index (χ2n) is 6.99. The van der Waals surface area contributed by atoms with Gasteiger partial charge in [-0.05, 0) is 25.7 Å². The van der Waals surface area contributed by atoms with Crippen LogP contribution in [-0.2, 0) is 9.59 Å². The van der Waals surface area contributed by atoms with Crippen molar-refractivity contribution in [2.75, 3.05) is 0 Å². The molecule has 0 rings (SSSR count). The Bertz CT molecular complexity index is 381. The summed E-state index contributed by atoms with van der Waals surface area (Å²) in [6, 6.07) is 0. The largest absolute Gasteiger partial charge is 0.481 e. The van der Waals surface area contributed by atoms with Gasteiger partial charge in [0.25, 0.3) is 0 Å². The van der Waals surface area contributed by atoms with Crippen LogP contribution in [0.3, 0.4) is 0 Å². The summed E-state index contributed by atoms with van der Waals surface area (Å²) in [6.45, 7) is 4.37. The van der Waals surface area contributed by atoms with Gasteiger partial charge >= 0.3 is 11.9 Å². The Kier molecular flexibility index (Phi) is 15.3. The summed E-state index contributed by atoms with van der Waals surface area (Å²) in [5.41, 5.74) is 0.982. The summed E-state index contributed by atoms with van der Waals surface area (Å²) in [5, 5.41) is 18.4. The van der Waals surface area contributed by atoms with E-state index in [2.05, 4.69) is 13.8 Å². The van der Waals surface area contributed by atoms with Crippen LogP contribution in [-0.4, -0.2) is 22.2 Å². The zero-order valence-electron chi connectivity index (χ0n) is 16.3. The van der Waals surface area contributed by atoms with Crippen molar-refractivity contribution in [3.05, 3.63) is 11.1 Å². The predicted molar refractivity (Wildman–Crippen MR) is 103 cm³/mol. The lowest BCUT2D eigenvalue weighted by Crippen LogP contribution is -2.10. The molecule has 0 spiro atoms. The third-order valence-electron chi connectivity index (χ3n) is 4.68. The Balaban J connectivity index is 4.57. The highest BCUT2D eigenvalue weighted by atomic mass is 16.4. The maximum absolute atomic E-state index is 11.5.